The van der Waals surface area contributed by atoms with Crippen LogP contribution in [0.3, 0.4) is 0 Å². The molecule has 1 aromatic carbocycles. The van der Waals surface area contributed by atoms with Gasteiger partial charge in [0.2, 0.25) is 0 Å². The summed E-state index contributed by atoms with van der Waals surface area (Å²) in [5, 5.41) is 2.76. The Labute approximate surface area is 95.9 Å². The predicted molar refractivity (Wildman–Crippen MR) is 61.9 cm³/mol. The van der Waals surface area contributed by atoms with Gasteiger partial charge in [-0.05, 0) is 41.9 Å². The van der Waals surface area contributed by atoms with Crippen LogP contribution in [0.15, 0.2) is 16.6 Å². The van der Waals surface area contributed by atoms with Gasteiger partial charge in [-0.2, -0.15) is 0 Å². The normalized spacial score (nSPS) is 17.7. The molecule has 0 bridgehead atoms. The smallest absolute Gasteiger partial charge is 0.268 e. The second-order valence-electron chi connectivity index (χ2n) is 3.95. The number of carbonyl (C=O) groups is 1. The van der Waals surface area contributed by atoms with Crippen LogP contribution in [-0.2, 0) is 4.79 Å². The third-order valence-electron chi connectivity index (χ3n) is 2.22. The number of anilines is 2. The van der Waals surface area contributed by atoms with E-state index in [4.69, 9.17) is 10.5 Å². The Morgan fingerprint density at radius 2 is 2.13 bits per heavy atom. The molecule has 1 amide bonds. The van der Waals surface area contributed by atoms with Crippen molar-refractivity contribution in [3.63, 3.8) is 0 Å². The maximum Gasteiger partial charge on any atom is 0.268 e. The molecule has 0 atom stereocenters. The van der Waals surface area contributed by atoms with E-state index in [0.717, 1.165) is 4.47 Å². The van der Waals surface area contributed by atoms with Gasteiger partial charge in [-0.3, -0.25) is 4.79 Å². The molecule has 4 nitrogen and oxygen atoms in total. The van der Waals surface area contributed by atoms with Crippen LogP contribution < -0.4 is 15.8 Å². The highest BCUT2D eigenvalue weighted by Crippen LogP contribution is 2.41. The van der Waals surface area contributed by atoms with Gasteiger partial charge in [0.05, 0.1) is 10.2 Å². The van der Waals surface area contributed by atoms with Gasteiger partial charge in [0.15, 0.2) is 11.4 Å². The average molecular weight is 271 g/mol. The Hall–Kier alpha value is -1.23. The number of amides is 1. The predicted octanol–water partition coefficient (Wildman–Crippen LogP) is 2.14. The van der Waals surface area contributed by atoms with Crippen molar-refractivity contribution in [3.05, 3.63) is 16.6 Å². The second kappa shape index (κ2) is 3.13. The van der Waals surface area contributed by atoms with E-state index in [2.05, 4.69) is 21.2 Å². The molecule has 15 heavy (non-hydrogen) atoms. The van der Waals surface area contributed by atoms with Crippen molar-refractivity contribution in [2.45, 2.75) is 19.4 Å². The number of hydrogen-bond acceptors (Lipinski definition) is 3. The van der Waals surface area contributed by atoms with E-state index in [9.17, 15) is 4.79 Å². The maximum atomic E-state index is 11.6. The van der Waals surface area contributed by atoms with E-state index in [1.54, 1.807) is 26.0 Å². The number of ether oxygens (including phenoxy) is 1. The molecule has 0 fully saturated rings. The molecule has 0 aromatic heterocycles. The number of halogens is 1. The summed E-state index contributed by atoms with van der Waals surface area (Å²) in [4.78, 5) is 11.6. The second-order valence-corrected chi connectivity index (χ2v) is 4.80. The summed E-state index contributed by atoms with van der Waals surface area (Å²) in [6, 6.07) is 3.42. The maximum absolute atomic E-state index is 11.6. The summed E-state index contributed by atoms with van der Waals surface area (Å²) >= 11 is 3.35. The van der Waals surface area contributed by atoms with Gasteiger partial charge in [0.1, 0.15) is 0 Å². The molecule has 3 N–H and O–H groups in total. The van der Waals surface area contributed by atoms with E-state index in [1.165, 1.54) is 0 Å². The number of hydrogen-bond donors (Lipinski definition) is 2. The van der Waals surface area contributed by atoms with Gasteiger partial charge in [-0.25, -0.2) is 0 Å². The van der Waals surface area contributed by atoms with Crippen molar-refractivity contribution in [1.82, 2.24) is 0 Å². The van der Waals surface area contributed by atoms with E-state index in [0.29, 0.717) is 17.1 Å². The Kier molecular flexibility index (Phi) is 2.15. The Morgan fingerprint density at radius 1 is 1.47 bits per heavy atom. The van der Waals surface area contributed by atoms with Crippen molar-refractivity contribution >= 4 is 33.2 Å². The number of fused-ring (bicyclic) bond motifs is 1. The van der Waals surface area contributed by atoms with Crippen LogP contribution in [0.25, 0.3) is 0 Å². The van der Waals surface area contributed by atoms with E-state index >= 15 is 0 Å². The van der Waals surface area contributed by atoms with Crippen LogP contribution in [-0.4, -0.2) is 11.5 Å². The lowest BCUT2D eigenvalue weighted by Gasteiger charge is -2.32. The molecule has 1 aliphatic rings. The number of nitrogens with two attached hydrogens (primary N) is 1. The lowest BCUT2D eigenvalue weighted by Crippen LogP contribution is -2.45. The van der Waals surface area contributed by atoms with Crippen molar-refractivity contribution in [2.24, 2.45) is 0 Å². The monoisotopic (exact) mass is 270 g/mol. The van der Waals surface area contributed by atoms with Crippen molar-refractivity contribution < 1.29 is 9.53 Å². The van der Waals surface area contributed by atoms with Crippen LogP contribution >= 0.6 is 15.9 Å². The van der Waals surface area contributed by atoms with E-state index in [-0.39, 0.29) is 5.91 Å². The topological polar surface area (TPSA) is 64.3 Å². The first-order chi connectivity index (χ1) is 6.90. The zero-order chi connectivity index (χ0) is 11.2. The lowest BCUT2D eigenvalue weighted by molar-refractivity contribution is -0.129. The number of rotatable bonds is 0. The minimum Gasteiger partial charge on any atom is -0.475 e. The molecule has 0 saturated heterocycles. The molecular weight excluding hydrogens is 260 g/mol. The van der Waals surface area contributed by atoms with Crippen LogP contribution in [0.1, 0.15) is 13.8 Å². The van der Waals surface area contributed by atoms with Crippen LogP contribution in [0.2, 0.25) is 0 Å². The average Bonchev–Trinajstić information content (AvgIpc) is 2.09. The van der Waals surface area contributed by atoms with Gasteiger partial charge in [-0.15, -0.1) is 0 Å². The van der Waals surface area contributed by atoms with Gasteiger partial charge in [-0.1, -0.05) is 0 Å². The third kappa shape index (κ3) is 1.67. The number of carbonyl (C=O) groups excluding carboxylic acids is 1. The summed E-state index contributed by atoms with van der Waals surface area (Å²) in [5.41, 5.74) is 5.98. The Balaban J connectivity index is 2.55. The molecule has 0 aliphatic carbocycles. The van der Waals surface area contributed by atoms with Gasteiger partial charge in [0.25, 0.3) is 5.91 Å². The first kappa shape index (κ1) is 10.3. The van der Waals surface area contributed by atoms with Crippen molar-refractivity contribution in [2.75, 3.05) is 11.1 Å². The molecule has 0 spiro atoms. The van der Waals surface area contributed by atoms with E-state index in [1.807, 2.05) is 0 Å². The van der Waals surface area contributed by atoms with Crippen LogP contribution in [0, 0.1) is 0 Å². The molecule has 0 radical (unpaired) electrons. The molecule has 5 heteroatoms. The molecular formula is C10H11BrN2O2. The highest BCUT2D eigenvalue weighted by Gasteiger charge is 2.36. The van der Waals surface area contributed by atoms with Crippen molar-refractivity contribution in [1.29, 1.82) is 0 Å². The minimum atomic E-state index is -0.856. The lowest BCUT2D eigenvalue weighted by atomic mass is 10.1. The molecule has 1 aliphatic heterocycles. The molecule has 80 valence electrons. The first-order valence-electron chi connectivity index (χ1n) is 4.49. The van der Waals surface area contributed by atoms with Crippen LogP contribution in [0.5, 0.6) is 5.75 Å². The Bertz CT molecular complexity index is 443. The van der Waals surface area contributed by atoms with Gasteiger partial charge < -0.3 is 15.8 Å². The fourth-order valence-electron chi connectivity index (χ4n) is 1.39. The zero-order valence-corrected chi connectivity index (χ0v) is 10.0. The first-order valence-corrected chi connectivity index (χ1v) is 5.29. The number of benzene rings is 1. The molecule has 1 heterocycles. The highest BCUT2D eigenvalue weighted by molar-refractivity contribution is 9.10. The summed E-state index contributed by atoms with van der Waals surface area (Å²) in [7, 11) is 0. The molecule has 0 saturated carbocycles. The summed E-state index contributed by atoms with van der Waals surface area (Å²) in [5.74, 6) is 0.446. The SMILES string of the molecule is CC1(C)Oc2c(Br)cc(N)cc2NC1=O. The van der Waals surface area contributed by atoms with E-state index < -0.39 is 5.60 Å². The highest BCUT2D eigenvalue weighted by atomic mass is 79.9. The number of nitrogen functional groups attached to an aromatic ring is 1. The fourth-order valence-corrected chi connectivity index (χ4v) is 1.94. The number of nitrogens with one attached hydrogen (secondary N) is 1. The largest absolute Gasteiger partial charge is 0.475 e. The third-order valence-corrected chi connectivity index (χ3v) is 2.81. The quantitative estimate of drug-likeness (QED) is 0.710. The summed E-state index contributed by atoms with van der Waals surface area (Å²) in [6.45, 7) is 3.43. The zero-order valence-electron chi connectivity index (χ0n) is 8.43. The molecule has 2 rings (SSSR count). The van der Waals surface area contributed by atoms with Crippen molar-refractivity contribution in [3.8, 4) is 5.75 Å². The summed E-state index contributed by atoms with van der Waals surface area (Å²) < 4.78 is 6.34. The van der Waals surface area contributed by atoms with Crippen LogP contribution in [0.4, 0.5) is 11.4 Å². The summed E-state index contributed by atoms with van der Waals surface area (Å²) in [6.07, 6.45) is 0. The van der Waals surface area contributed by atoms with Gasteiger partial charge >= 0.3 is 0 Å². The van der Waals surface area contributed by atoms with Gasteiger partial charge in [0, 0.05) is 5.69 Å². The standard InChI is InChI=1S/C10H11BrN2O2/c1-10(2)9(14)13-7-4-5(12)3-6(11)8(7)15-10/h3-4H,12H2,1-2H3,(H,13,14). The minimum absolute atomic E-state index is 0.174. The fraction of sp³-hybridized carbons (Fsp3) is 0.300. The Morgan fingerprint density at radius 3 is 2.80 bits per heavy atom. The molecule has 1 aromatic rings. The molecule has 0 unspecified atom stereocenters.